The monoisotopic (exact) mass is 435 g/mol. The molecule has 0 radical (unpaired) electrons. The highest BCUT2D eigenvalue weighted by molar-refractivity contribution is 7.17. The number of hydrogen-bond acceptors (Lipinski definition) is 6. The van der Waals surface area contributed by atoms with Gasteiger partial charge >= 0.3 is 11.9 Å². The highest BCUT2D eigenvalue weighted by Crippen LogP contribution is 2.40. The number of carbonyl (C=O) groups excluding carboxylic acids is 3. The van der Waals surface area contributed by atoms with Gasteiger partial charge in [0.2, 0.25) is 0 Å². The first kappa shape index (κ1) is 22.8. The van der Waals surface area contributed by atoms with Gasteiger partial charge < -0.3 is 14.8 Å². The number of ether oxygens (including phenoxy) is 2. The third kappa shape index (κ3) is 5.62. The van der Waals surface area contributed by atoms with Crippen molar-refractivity contribution in [3.8, 4) is 0 Å². The summed E-state index contributed by atoms with van der Waals surface area (Å²) >= 11 is 1.44. The quantitative estimate of drug-likeness (QED) is 0.588. The molecule has 1 aromatic heterocycles. The van der Waals surface area contributed by atoms with Gasteiger partial charge in [0.15, 0.2) is 6.10 Å². The van der Waals surface area contributed by atoms with Gasteiger partial charge in [-0.3, -0.25) is 9.59 Å². The Morgan fingerprint density at radius 1 is 1.20 bits per heavy atom. The molecule has 0 bridgehead atoms. The molecule has 7 heteroatoms. The average Bonchev–Trinajstić information content (AvgIpc) is 3.33. The van der Waals surface area contributed by atoms with E-state index >= 15 is 0 Å². The van der Waals surface area contributed by atoms with E-state index in [0.717, 1.165) is 36.1 Å². The van der Waals surface area contributed by atoms with Crippen LogP contribution in [0.5, 0.6) is 0 Å². The molecule has 1 amide bonds. The largest absolute Gasteiger partial charge is 0.462 e. The summed E-state index contributed by atoms with van der Waals surface area (Å²) in [6.45, 7) is 5.81. The molecular weight excluding hydrogens is 402 g/mol. The fraction of sp³-hybridized carbons (Fsp3) is 0.696. The minimum absolute atomic E-state index is 0.280. The molecular formula is C23H33NO5S. The van der Waals surface area contributed by atoms with Crippen LogP contribution in [0.25, 0.3) is 0 Å². The van der Waals surface area contributed by atoms with Crippen LogP contribution in [-0.4, -0.2) is 30.6 Å². The summed E-state index contributed by atoms with van der Waals surface area (Å²) in [5, 5.41) is 3.33. The smallest absolute Gasteiger partial charge is 0.341 e. The van der Waals surface area contributed by atoms with Crippen LogP contribution in [0, 0.1) is 11.8 Å². The first-order chi connectivity index (χ1) is 14.4. The van der Waals surface area contributed by atoms with Crippen molar-refractivity contribution in [3.63, 3.8) is 0 Å². The van der Waals surface area contributed by atoms with E-state index < -0.39 is 18.0 Å². The Hall–Kier alpha value is -1.89. The van der Waals surface area contributed by atoms with E-state index in [1.54, 1.807) is 13.8 Å². The van der Waals surface area contributed by atoms with Gasteiger partial charge in [-0.25, -0.2) is 4.79 Å². The van der Waals surface area contributed by atoms with Crippen LogP contribution in [0.2, 0.25) is 0 Å². The Morgan fingerprint density at radius 2 is 1.93 bits per heavy atom. The van der Waals surface area contributed by atoms with Crippen molar-refractivity contribution in [2.75, 3.05) is 11.9 Å². The van der Waals surface area contributed by atoms with Gasteiger partial charge in [0.25, 0.3) is 5.91 Å². The van der Waals surface area contributed by atoms with E-state index in [9.17, 15) is 14.4 Å². The minimum atomic E-state index is -0.908. The van der Waals surface area contributed by atoms with Gasteiger partial charge in [-0.2, -0.15) is 0 Å². The van der Waals surface area contributed by atoms with E-state index in [4.69, 9.17) is 9.47 Å². The van der Waals surface area contributed by atoms with Crippen LogP contribution in [0.4, 0.5) is 5.00 Å². The van der Waals surface area contributed by atoms with E-state index in [1.807, 2.05) is 0 Å². The Kier molecular flexibility index (Phi) is 7.92. The predicted molar refractivity (Wildman–Crippen MR) is 117 cm³/mol. The first-order valence-corrected chi connectivity index (χ1v) is 12.0. The standard InChI is InChI=1S/C23H33NO5S/c1-4-28-23(27)20-17-11-9-14(2)13-18(17)30-22(20)24-21(26)15(3)29-19(25)12-10-16-7-5-6-8-16/h14-16H,4-13H2,1-3H3,(H,24,26). The molecule has 2 aliphatic carbocycles. The van der Waals surface area contributed by atoms with E-state index in [1.165, 1.54) is 37.0 Å². The molecule has 6 nitrogen and oxygen atoms in total. The number of nitrogens with one attached hydrogen (secondary N) is 1. The third-order valence-corrected chi connectivity index (χ3v) is 7.31. The minimum Gasteiger partial charge on any atom is -0.462 e. The number of amides is 1. The fourth-order valence-electron chi connectivity index (χ4n) is 4.40. The van der Waals surface area contributed by atoms with Crippen molar-refractivity contribution in [1.29, 1.82) is 0 Å². The Balaban J connectivity index is 1.63. The summed E-state index contributed by atoms with van der Waals surface area (Å²) in [5.41, 5.74) is 1.46. The molecule has 30 heavy (non-hydrogen) atoms. The lowest BCUT2D eigenvalue weighted by atomic mass is 9.88. The second-order valence-corrected chi connectivity index (χ2v) is 9.69. The van der Waals surface area contributed by atoms with Gasteiger partial charge in [0, 0.05) is 11.3 Å². The van der Waals surface area contributed by atoms with Crippen molar-refractivity contribution >= 4 is 34.2 Å². The average molecular weight is 436 g/mol. The highest BCUT2D eigenvalue weighted by Gasteiger charge is 2.30. The molecule has 0 aromatic carbocycles. The van der Waals surface area contributed by atoms with Gasteiger partial charge in [0.1, 0.15) is 5.00 Å². The number of hydrogen-bond donors (Lipinski definition) is 1. The first-order valence-electron chi connectivity index (χ1n) is 11.2. The normalized spacial score (nSPS) is 19.8. The lowest BCUT2D eigenvalue weighted by molar-refractivity contribution is -0.153. The fourth-order valence-corrected chi connectivity index (χ4v) is 5.80. The summed E-state index contributed by atoms with van der Waals surface area (Å²) in [7, 11) is 0. The van der Waals surface area contributed by atoms with Gasteiger partial charge in [-0.15, -0.1) is 11.3 Å². The summed E-state index contributed by atoms with van der Waals surface area (Å²) in [4.78, 5) is 38.5. The van der Waals surface area contributed by atoms with Crippen LogP contribution in [0.15, 0.2) is 0 Å². The maximum atomic E-state index is 12.7. The molecule has 166 valence electrons. The van der Waals surface area contributed by atoms with Gasteiger partial charge in [-0.05, 0) is 56.9 Å². The second kappa shape index (κ2) is 10.4. The van der Waals surface area contributed by atoms with Crippen LogP contribution in [0.3, 0.4) is 0 Å². The topological polar surface area (TPSA) is 81.7 Å². The molecule has 2 aliphatic rings. The molecule has 0 aliphatic heterocycles. The lowest BCUT2D eigenvalue weighted by Crippen LogP contribution is -2.30. The number of esters is 2. The molecule has 1 N–H and O–H groups in total. The van der Waals surface area contributed by atoms with Gasteiger partial charge in [0.05, 0.1) is 12.2 Å². The molecule has 2 unspecified atom stereocenters. The van der Waals surface area contributed by atoms with E-state index in [0.29, 0.717) is 28.8 Å². The van der Waals surface area contributed by atoms with Crippen LogP contribution < -0.4 is 5.32 Å². The van der Waals surface area contributed by atoms with Crippen LogP contribution in [-0.2, 0) is 31.9 Å². The van der Waals surface area contributed by atoms with Crippen LogP contribution >= 0.6 is 11.3 Å². The Bertz CT molecular complexity index is 781. The van der Waals surface area contributed by atoms with Gasteiger partial charge in [-0.1, -0.05) is 32.6 Å². The molecule has 1 fully saturated rings. The molecule has 0 saturated heterocycles. The van der Waals surface area contributed by atoms with Crippen molar-refractivity contribution in [2.45, 2.75) is 84.7 Å². The third-order valence-electron chi connectivity index (χ3n) is 6.14. The van der Waals surface area contributed by atoms with E-state index in [-0.39, 0.29) is 12.6 Å². The summed E-state index contributed by atoms with van der Waals surface area (Å²) in [6, 6.07) is 0. The maximum Gasteiger partial charge on any atom is 0.341 e. The summed E-state index contributed by atoms with van der Waals surface area (Å²) in [5.74, 6) is 0.0000761. The lowest BCUT2D eigenvalue weighted by Gasteiger charge is -2.18. The van der Waals surface area contributed by atoms with Crippen molar-refractivity contribution in [1.82, 2.24) is 0 Å². The predicted octanol–water partition coefficient (Wildman–Crippen LogP) is 4.89. The van der Waals surface area contributed by atoms with Crippen molar-refractivity contribution in [3.05, 3.63) is 16.0 Å². The summed E-state index contributed by atoms with van der Waals surface area (Å²) < 4.78 is 10.6. The molecule has 2 atom stereocenters. The molecule has 1 heterocycles. The second-order valence-electron chi connectivity index (χ2n) is 8.59. The van der Waals surface area contributed by atoms with Crippen molar-refractivity contribution in [2.24, 2.45) is 11.8 Å². The number of rotatable bonds is 8. The zero-order valence-electron chi connectivity index (χ0n) is 18.3. The Labute approximate surface area is 182 Å². The van der Waals surface area contributed by atoms with Crippen LogP contribution in [0.1, 0.15) is 86.5 Å². The number of carbonyl (C=O) groups is 3. The van der Waals surface area contributed by atoms with E-state index in [2.05, 4.69) is 12.2 Å². The molecule has 1 saturated carbocycles. The molecule has 0 spiro atoms. The highest BCUT2D eigenvalue weighted by atomic mass is 32.1. The Morgan fingerprint density at radius 3 is 2.63 bits per heavy atom. The molecule has 3 rings (SSSR count). The van der Waals surface area contributed by atoms with Crippen molar-refractivity contribution < 1.29 is 23.9 Å². The molecule has 1 aromatic rings. The zero-order chi connectivity index (χ0) is 21.7. The zero-order valence-corrected chi connectivity index (χ0v) is 19.1. The number of thiophene rings is 1. The number of fused-ring (bicyclic) bond motifs is 1. The number of anilines is 1. The maximum absolute atomic E-state index is 12.7. The SMILES string of the molecule is CCOC(=O)c1c(NC(=O)C(C)OC(=O)CCC2CCCC2)sc2c1CCC(C)C2. The summed E-state index contributed by atoms with van der Waals surface area (Å²) in [6.07, 6.45) is 7.83.